The van der Waals surface area contributed by atoms with Crippen molar-refractivity contribution in [1.29, 1.82) is 0 Å². The normalized spacial score (nSPS) is 17.5. The van der Waals surface area contributed by atoms with Gasteiger partial charge < -0.3 is 28.8 Å². The fourth-order valence-electron chi connectivity index (χ4n) is 4.41. The number of rotatable bonds is 11. The van der Waals surface area contributed by atoms with Crippen molar-refractivity contribution in [3.8, 4) is 28.7 Å². The highest BCUT2D eigenvalue weighted by Crippen LogP contribution is 2.39. The predicted molar refractivity (Wildman–Crippen MR) is 145 cm³/mol. The van der Waals surface area contributed by atoms with E-state index < -0.39 is 12.3 Å². The lowest BCUT2D eigenvalue weighted by molar-refractivity contribution is 0.115. The van der Waals surface area contributed by atoms with Gasteiger partial charge in [-0.15, -0.1) is 0 Å². The van der Waals surface area contributed by atoms with Crippen molar-refractivity contribution in [2.75, 3.05) is 41.5 Å². The van der Waals surface area contributed by atoms with Gasteiger partial charge in [0.05, 0.1) is 34.5 Å². The summed E-state index contributed by atoms with van der Waals surface area (Å²) >= 11 is 0. The molecular weight excluding hydrogens is 489 g/mol. The molecule has 38 heavy (non-hydrogen) atoms. The van der Waals surface area contributed by atoms with E-state index in [1.54, 1.807) is 28.4 Å². The van der Waals surface area contributed by atoms with Gasteiger partial charge in [-0.25, -0.2) is 4.39 Å². The van der Waals surface area contributed by atoms with Crippen LogP contribution in [0.4, 0.5) is 4.39 Å². The first-order valence-corrected chi connectivity index (χ1v) is 12.3. The first-order chi connectivity index (χ1) is 18.4. The second kappa shape index (κ2) is 12.7. The van der Waals surface area contributed by atoms with Crippen LogP contribution < -0.4 is 23.7 Å². The largest absolute Gasteiger partial charge is 0.493 e. The molecule has 0 radical (unpaired) electrons. The van der Waals surface area contributed by atoms with Gasteiger partial charge in [-0.3, -0.25) is 4.90 Å². The molecule has 1 aliphatic rings. The van der Waals surface area contributed by atoms with Crippen LogP contribution >= 0.6 is 0 Å². The smallest absolute Gasteiger partial charge is 0.203 e. The molecule has 1 fully saturated rings. The van der Waals surface area contributed by atoms with Crippen molar-refractivity contribution in [2.24, 2.45) is 0 Å². The number of alkyl halides is 1. The number of ether oxygens (including phenoxy) is 5. The van der Waals surface area contributed by atoms with Crippen LogP contribution in [0.1, 0.15) is 22.3 Å². The van der Waals surface area contributed by atoms with Crippen molar-refractivity contribution >= 4 is 12.2 Å². The Morgan fingerprint density at radius 1 is 0.763 bits per heavy atom. The summed E-state index contributed by atoms with van der Waals surface area (Å²) in [5, 5.41) is 9.62. The molecule has 0 aromatic heterocycles. The summed E-state index contributed by atoms with van der Waals surface area (Å²) in [5.41, 5.74) is 3.89. The average Bonchev–Trinajstić information content (AvgIpc) is 3.26. The Morgan fingerprint density at radius 2 is 1.37 bits per heavy atom. The molecule has 0 amide bonds. The number of likely N-dealkylation sites (tertiary alicyclic amines) is 1. The third kappa shape index (κ3) is 6.57. The lowest BCUT2D eigenvalue weighted by atomic mass is 10.1. The van der Waals surface area contributed by atoms with Crippen molar-refractivity contribution in [3.05, 3.63) is 76.9 Å². The van der Waals surface area contributed by atoms with Gasteiger partial charge in [0.15, 0.2) is 23.0 Å². The van der Waals surface area contributed by atoms with E-state index in [-0.39, 0.29) is 6.54 Å². The molecule has 3 aromatic rings. The predicted octanol–water partition coefficient (Wildman–Crippen LogP) is 4.99. The topological polar surface area (TPSA) is 69.6 Å². The van der Waals surface area contributed by atoms with Gasteiger partial charge in [0.25, 0.3) is 0 Å². The molecule has 0 aliphatic carbocycles. The molecule has 2 atom stereocenters. The summed E-state index contributed by atoms with van der Waals surface area (Å²) in [6.45, 7) is 1.59. The minimum absolute atomic E-state index is 0.260. The van der Waals surface area contributed by atoms with E-state index in [9.17, 15) is 9.50 Å². The first-order valence-electron chi connectivity index (χ1n) is 12.3. The molecule has 0 saturated carbocycles. The highest BCUT2D eigenvalue weighted by atomic mass is 19.1. The molecule has 0 bridgehead atoms. The fraction of sp³-hybridized carbons (Fsp3) is 0.333. The highest BCUT2D eigenvalue weighted by Gasteiger charge is 2.30. The Balaban J connectivity index is 1.43. The van der Waals surface area contributed by atoms with E-state index in [4.69, 9.17) is 23.7 Å². The van der Waals surface area contributed by atoms with Crippen LogP contribution in [0.15, 0.2) is 54.6 Å². The van der Waals surface area contributed by atoms with E-state index in [1.807, 2.05) is 71.6 Å². The van der Waals surface area contributed by atoms with Gasteiger partial charge in [0.2, 0.25) is 5.75 Å². The first kappa shape index (κ1) is 27.3. The third-order valence-corrected chi connectivity index (χ3v) is 6.46. The Kier molecular flexibility index (Phi) is 9.10. The van der Waals surface area contributed by atoms with Gasteiger partial charge in [-0.05, 0) is 46.5 Å². The lowest BCUT2D eigenvalue weighted by Gasteiger charge is -2.15. The average molecular weight is 524 g/mol. The quantitative estimate of drug-likeness (QED) is 0.355. The molecule has 0 spiro atoms. The molecule has 4 rings (SSSR count). The van der Waals surface area contributed by atoms with Gasteiger partial charge in [-0.1, -0.05) is 42.5 Å². The Hall–Kier alpha value is -3.75. The summed E-state index contributed by atoms with van der Waals surface area (Å²) in [6.07, 6.45) is 1.86. The maximum atomic E-state index is 13.6. The summed E-state index contributed by atoms with van der Waals surface area (Å²) in [6, 6.07) is 17.5. The lowest BCUT2D eigenvalue weighted by Crippen LogP contribution is -2.21. The van der Waals surface area contributed by atoms with Crippen LogP contribution in [0.2, 0.25) is 0 Å². The number of hydrogen-bond acceptors (Lipinski definition) is 7. The van der Waals surface area contributed by atoms with Crippen LogP contribution in [0.25, 0.3) is 12.2 Å². The van der Waals surface area contributed by atoms with Crippen LogP contribution in [0.5, 0.6) is 28.7 Å². The van der Waals surface area contributed by atoms with E-state index in [1.165, 1.54) is 0 Å². The number of benzene rings is 3. The molecule has 1 aliphatic heterocycles. The van der Waals surface area contributed by atoms with E-state index in [0.717, 1.165) is 22.3 Å². The summed E-state index contributed by atoms with van der Waals surface area (Å²) in [4.78, 5) is 1.92. The maximum absolute atomic E-state index is 13.6. The van der Waals surface area contributed by atoms with E-state index in [2.05, 4.69) is 0 Å². The molecule has 1 saturated heterocycles. The molecule has 1 N–H and O–H groups in total. The van der Waals surface area contributed by atoms with Crippen molar-refractivity contribution in [3.63, 3.8) is 0 Å². The zero-order valence-corrected chi connectivity index (χ0v) is 22.1. The number of methoxy groups -OCH3 is 4. The van der Waals surface area contributed by atoms with Gasteiger partial charge in [0.1, 0.15) is 12.8 Å². The van der Waals surface area contributed by atoms with Crippen LogP contribution in [0, 0.1) is 0 Å². The van der Waals surface area contributed by atoms with Crippen LogP contribution in [-0.4, -0.2) is 63.8 Å². The number of β-amino-alcohol motifs (C(OH)–C–C–N with tert-alkyl or cyclic N) is 1. The number of aliphatic hydroxyl groups excluding tert-OH is 1. The van der Waals surface area contributed by atoms with Crippen LogP contribution in [-0.2, 0) is 13.2 Å². The Morgan fingerprint density at radius 3 is 1.95 bits per heavy atom. The van der Waals surface area contributed by atoms with E-state index >= 15 is 0 Å². The molecule has 1 heterocycles. The van der Waals surface area contributed by atoms with Gasteiger partial charge in [0, 0.05) is 19.6 Å². The summed E-state index contributed by atoms with van der Waals surface area (Å²) < 4.78 is 41.4. The number of hydrogen-bond donors (Lipinski definition) is 1. The Labute approximate surface area is 223 Å². The van der Waals surface area contributed by atoms with Crippen molar-refractivity contribution < 1.29 is 33.2 Å². The number of halogens is 1. The maximum Gasteiger partial charge on any atom is 0.203 e. The zero-order chi connectivity index (χ0) is 27.1. The second-order valence-corrected chi connectivity index (χ2v) is 9.08. The minimum Gasteiger partial charge on any atom is -0.493 e. The molecule has 202 valence electrons. The monoisotopic (exact) mass is 523 g/mol. The minimum atomic E-state index is -1.18. The third-order valence-electron chi connectivity index (χ3n) is 6.46. The molecule has 8 heteroatoms. The van der Waals surface area contributed by atoms with Crippen molar-refractivity contribution in [2.45, 2.75) is 25.4 Å². The van der Waals surface area contributed by atoms with E-state index in [0.29, 0.717) is 48.4 Å². The zero-order valence-electron chi connectivity index (χ0n) is 22.1. The Bertz CT molecular complexity index is 1210. The van der Waals surface area contributed by atoms with Gasteiger partial charge >= 0.3 is 0 Å². The molecular formula is C30H34FNO6. The molecule has 7 nitrogen and oxygen atoms in total. The second-order valence-electron chi connectivity index (χ2n) is 9.08. The molecule has 0 unspecified atom stereocenters. The molecule has 3 aromatic carbocycles. The summed E-state index contributed by atoms with van der Waals surface area (Å²) in [5.74, 6) is 2.98. The summed E-state index contributed by atoms with van der Waals surface area (Å²) in [7, 11) is 6.36. The number of nitrogens with zero attached hydrogens (tertiary/aromatic N) is 1. The highest BCUT2D eigenvalue weighted by molar-refractivity contribution is 5.73. The fourth-order valence-corrected chi connectivity index (χ4v) is 4.41. The standard InChI is InChI=1S/C30H34FNO6/c1-34-26-12-11-20(5-10-23-14-28(35-2)30(37-4)29(15-23)36-3)13-27(26)38-19-22-8-6-21(7-9-22)16-32-17-24(31)25(33)18-32/h5-15,24-25,33H,16-19H2,1-4H3/b10-5-/t24-,25-/m0/s1. The van der Waals surface area contributed by atoms with Crippen LogP contribution in [0.3, 0.4) is 0 Å². The van der Waals surface area contributed by atoms with Gasteiger partial charge in [-0.2, -0.15) is 0 Å². The van der Waals surface area contributed by atoms with Crippen molar-refractivity contribution in [1.82, 2.24) is 4.90 Å². The SMILES string of the molecule is COc1ccc(/C=C\c2cc(OC)c(OC)c(OC)c2)cc1OCc1ccc(CN2C[C@H](O)[C@@H](F)C2)cc1. The number of aliphatic hydroxyl groups is 1.